The van der Waals surface area contributed by atoms with E-state index in [1.54, 1.807) is 6.92 Å². The lowest BCUT2D eigenvalue weighted by atomic mass is 10.2. The number of nitrogens with zero attached hydrogens (tertiary/aromatic N) is 1. The molecule has 1 unspecified atom stereocenters. The summed E-state index contributed by atoms with van der Waals surface area (Å²) in [6.45, 7) is 2.78. The Balaban J connectivity index is 2.04. The molecular weight excluding hydrogens is 386 g/mol. The number of carbonyl (C=O) groups is 3. The number of pyridine rings is 1. The van der Waals surface area contributed by atoms with E-state index in [1.165, 1.54) is 48.8 Å². The Morgan fingerprint density at radius 2 is 1.68 bits per heavy atom. The van der Waals surface area contributed by atoms with Gasteiger partial charge in [0.2, 0.25) is 5.91 Å². The smallest absolute Gasteiger partial charge is 0.339 e. The average molecular weight is 405 g/mol. The molecule has 28 heavy (non-hydrogen) atoms. The van der Waals surface area contributed by atoms with Crippen molar-refractivity contribution in [1.29, 1.82) is 0 Å². The lowest BCUT2D eigenvalue weighted by Crippen LogP contribution is -2.32. The van der Waals surface area contributed by atoms with Gasteiger partial charge in [-0.3, -0.25) is 14.6 Å². The van der Waals surface area contributed by atoms with Gasteiger partial charge in [-0.1, -0.05) is 6.92 Å². The van der Waals surface area contributed by atoms with Crippen LogP contribution in [0.3, 0.4) is 0 Å². The first-order valence-electron chi connectivity index (χ1n) is 8.28. The highest BCUT2D eigenvalue weighted by atomic mass is 32.2. The van der Waals surface area contributed by atoms with E-state index in [-0.39, 0.29) is 16.9 Å². The van der Waals surface area contributed by atoms with E-state index in [0.29, 0.717) is 5.69 Å². The van der Waals surface area contributed by atoms with Crippen LogP contribution in [-0.2, 0) is 24.3 Å². The summed E-state index contributed by atoms with van der Waals surface area (Å²) in [6.07, 6.45) is 2.10. The first kappa shape index (κ1) is 21.0. The maximum absolute atomic E-state index is 12.4. The zero-order chi connectivity index (χ0) is 20.7. The highest BCUT2D eigenvalue weighted by Gasteiger charge is 2.22. The van der Waals surface area contributed by atoms with Gasteiger partial charge in [-0.15, -0.1) is 0 Å². The molecule has 9 nitrogen and oxygen atoms in total. The molecule has 0 saturated heterocycles. The Morgan fingerprint density at radius 3 is 2.21 bits per heavy atom. The van der Waals surface area contributed by atoms with Gasteiger partial charge < -0.3 is 10.1 Å². The molecule has 0 bridgehead atoms. The van der Waals surface area contributed by atoms with Crippen molar-refractivity contribution in [2.45, 2.75) is 31.3 Å². The van der Waals surface area contributed by atoms with Gasteiger partial charge >= 0.3 is 5.97 Å². The van der Waals surface area contributed by atoms with Crippen LogP contribution in [0.15, 0.2) is 53.7 Å². The molecule has 0 saturated carbocycles. The van der Waals surface area contributed by atoms with Gasteiger partial charge in [0, 0.05) is 25.0 Å². The van der Waals surface area contributed by atoms with E-state index in [4.69, 9.17) is 4.74 Å². The van der Waals surface area contributed by atoms with E-state index in [1.807, 2.05) is 4.72 Å². The van der Waals surface area contributed by atoms with Crippen molar-refractivity contribution in [3.05, 3.63) is 54.4 Å². The third kappa shape index (κ3) is 5.61. The van der Waals surface area contributed by atoms with Crippen LogP contribution in [0.1, 0.15) is 30.6 Å². The fourth-order valence-corrected chi connectivity index (χ4v) is 3.19. The number of benzene rings is 1. The number of hydrogen-bond acceptors (Lipinski definition) is 7. The Labute approximate surface area is 162 Å². The van der Waals surface area contributed by atoms with E-state index in [9.17, 15) is 22.8 Å². The van der Waals surface area contributed by atoms with Gasteiger partial charge in [-0.05, 0) is 42.8 Å². The van der Waals surface area contributed by atoms with Crippen molar-refractivity contribution in [3.8, 4) is 0 Å². The van der Waals surface area contributed by atoms with E-state index in [0.717, 1.165) is 6.92 Å². The molecule has 0 aliphatic carbocycles. The molecule has 0 aliphatic heterocycles. The van der Waals surface area contributed by atoms with Crippen LogP contribution in [0.2, 0.25) is 0 Å². The molecule has 148 valence electrons. The molecular formula is C18H19N3O6S. The third-order valence-corrected chi connectivity index (χ3v) is 4.99. The topological polar surface area (TPSA) is 132 Å². The summed E-state index contributed by atoms with van der Waals surface area (Å²) in [4.78, 5) is 39.1. The molecule has 2 N–H and O–H groups in total. The second-order valence-corrected chi connectivity index (χ2v) is 7.40. The Morgan fingerprint density at radius 1 is 1.07 bits per heavy atom. The summed E-state index contributed by atoms with van der Waals surface area (Å²) in [5, 5.41) is 2.56. The lowest BCUT2D eigenvalue weighted by Gasteiger charge is -2.16. The maximum atomic E-state index is 12.4. The van der Waals surface area contributed by atoms with Gasteiger partial charge in [-0.2, -0.15) is 0 Å². The van der Waals surface area contributed by atoms with Crippen LogP contribution in [0.4, 0.5) is 5.69 Å². The standard InChI is InChI=1S/C18H19N3O6S/c1-3-16(27-18(24)13-8-10-19-11-9-13)17(23)20-14-4-6-15(7-5-14)28(25,26)21-12(2)22/h4-11,16H,3H2,1-2H3,(H,20,23)(H,21,22). The summed E-state index contributed by atoms with van der Waals surface area (Å²) in [6, 6.07) is 8.16. The maximum Gasteiger partial charge on any atom is 0.339 e. The number of hydrogen-bond donors (Lipinski definition) is 2. The highest BCUT2D eigenvalue weighted by Crippen LogP contribution is 2.15. The van der Waals surface area contributed by atoms with E-state index < -0.39 is 33.9 Å². The second kappa shape index (κ2) is 9.09. The molecule has 2 amide bonds. The summed E-state index contributed by atoms with van der Waals surface area (Å²) < 4.78 is 30.9. The number of esters is 1. The lowest BCUT2D eigenvalue weighted by molar-refractivity contribution is -0.124. The van der Waals surface area contributed by atoms with Gasteiger partial charge in [0.05, 0.1) is 10.5 Å². The average Bonchev–Trinajstić information content (AvgIpc) is 2.66. The number of amides is 2. The Hall–Kier alpha value is -3.27. The van der Waals surface area contributed by atoms with E-state index in [2.05, 4.69) is 10.3 Å². The fraction of sp³-hybridized carbons (Fsp3) is 0.222. The van der Waals surface area contributed by atoms with Crippen LogP contribution in [0, 0.1) is 0 Å². The molecule has 10 heteroatoms. The SMILES string of the molecule is CCC(OC(=O)c1ccncc1)C(=O)Nc1ccc(S(=O)(=O)NC(C)=O)cc1. The first-order chi connectivity index (χ1) is 13.2. The number of anilines is 1. The molecule has 0 spiro atoms. The number of rotatable bonds is 7. The summed E-state index contributed by atoms with van der Waals surface area (Å²) >= 11 is 0. The molecule has 1 heterocycles. The molecule has 2 aromatic rings. The van der Waals surface area contributed by atoms with Gasteiger partial charge in [0.1, 0.15) is 0 Å². The van der Waals surface area contributed by atoms with Gasteiger partial charge in [0.15, 0.2) is 6.10 Å². The minimum atomic E-state index is -3.96. The van der Waals surface area contributed by atoms with Gasteiger partial charge in [0.25, 0.3) is 15.9 Å². The fourth-order valence-electron chi connectivity index (χ4n) is 2.20. The number of aromatic nitrogens is 1. The van der Waals surface area contributed by atoms with Crippen molar-refractivity contribution in [3.63, 3.8) is 0 Å². The predicted octanol–water partition coefficient (Wildman–Crippen LogP) is 1.48. The molecule has 0 fully saturated rings. The van der Waals surface area contributed by atoms with Crippen LogP contribution in [0.25, 0.3) is 0 Å². The molecule has 1 aromatic carbocycles. The van der Waals surface area contributed by atoms with Crippen molar-refractivity contribution in [2.24, 2.45) is 0 Å². The summed E-state index contributed by atoms with van der Waals surface area (Å²) in [7, 11) is -3.96. The largest absolute Gasteiger partial charge is 0.449 e. The molecule has 0 radical (unpaired) electrons. The summed E-state index contributed by atoms with van der Waals surface area (Å²) in [5.41, 5.74) is 0.582. The van der Waals surface area contributed by atoms with Gasteiger partial charge in [-0.25, -0.2) is 17.9 Å². The zero-order valence-electron chi connectivity index (χ0n) is 15.2. The molecule has 0 aliphatic rings. The van der Waals surface area contributed by atoms with Crippen LogP contribution in [0.5, 0.6) is 0 Å². The van der Waals surface area contributed by atoms with Crippen molar-refractivity contribution in [2.75, 3.05) is 5.32 Å². The van der Waals surface area contributed by atoms with E-state index >= 15 is 0 Å². The molecule has 1 atom stereocenters. The number of ether oxygens (including phenoxy) is 1. The van der Waals surface area contributed by atoms with Crippen LogP contribution in [-0.4, -0.2) is 37.3 Å². The Kier molecular flexibility index (Phi) is 6.83. The van der Waals surface area contributed by atoms with Crippen molar-refractivity contribution in [1.82, 2.24) is 9.71 Å². The quantitative estimate of drug-likeness (QED) is 0.667. The van der Waals surface area contributed by atoms with Crippen LogP contribution >= 0.6 is 0 Å². The molecule has 1 aromatic heterocycles. The minimum absolute atomic E-state index is 0.128. The van der Waals surface area contributed by atoms with Crippen molar-refractivity contribution >= 4 is 33.5 Å². The first-order valence-corrected chi connectivity index (χ1v) is 9.76. The monoisotopic (exact) mass is 405 g/mol. The van der Waals surface area contributed by atoms with Crippen LogP contribution < -0.4 is 10.0 Å². The Bertz CT molecular complexity index is 959. The number of sulfonamides is 1. The number of nitrogens with one attached hydrogen (secondary N) is 2. The normalized spacial score (nSPS) is 11.9. The third-order valence-electron chi connectivity index (χ3n) is 3.54. The predicted molar refractivity (Wildman–Crippen MR) is 99.8 cm³/mol. The highest BCUT2D eigenvalue weighted by molar-refractivity contribution is 7.90. The summed E-state index contributed by atoms with van der Waals surface area (Å²) in [5.74, 6) is -1.91. The minimum Gasteiger partial charge on any atom is -0.449 e. The zero-order valence-corrected chi connectivity index (χ0v) is 16.0. The van der Waals surface area contributed by atoms with Crippen molar-refractivity contribution < 1.29 is 27.5 Å². The second-order valence-electron chi connectivity index (χ2n) is 5.71. The number of carbonyl (C=O) groups excluding carboxylic acids is 3. The molecule has 2 rings (SSSR count).